The number of carbonyl (C=O) groups excluding carboxylic acids is 2. The first-order valence-corrected chi connectivity index (χ1v) is 13.5. The smallest absolute Gasteiger partial charge is 0.196 e. The van der Waals surface area contributed by atoms with Crippen LogP contribution in [0.25, 0.3) is 0 Å². The maximum atomic E-state index is 14.0. The Morgan fingerprint density at radius 1 is 0.892 bits per heavy atom. The topological polar surface area (TPSA) is 58.2 Å². The summed E-state index contributed by atoms with van der Waals surface area (Å²) in [5.41, 5.74) is 7.81. The molecule has 0 spiro atoms. The fraction of sp³-hybridized carbons (Fsp3) is 0.333. The van der Waals surface area contributed by atoms with E-state index in [1.165, 1.54) is 5.57 Å². The Balaban J connectivity index is 1.69. The summed E-state index contributed by atoms with van der Waals surface area (Å²) < 4.78 is 0. The molecule has 3 aliphatic carbocycles. The van der Waals surface area contributed by atoms with Crippen molar-refractivity contribution in [2.75, 3.05) is 10.6 Å². The van der Waals surface area contributed by atoms with Crippen molar-refractivity contribution in [2.45, 2.75) is 60.3 Å². The third-order valence-corrected chi connectivity index (χ3v) is 8.35. The van der Waals surface area contributed by atoms with Gasteiger partial charge in [-0.2, -0.15) is 0 Å². The zero-order valence-electron chi connectivity index (χ0n) is 22.5. The highest BCUT2D eigenvalue weighted by molar-refractivity contribution is 6.32. The van der Waals surface area contributed by atoms with E-state index >= 15 is 0 Å². The number of hydrogen-bond donors (Lipinski definition) is 2. The summed E-state index contributed by atoms with van der Waals surface area (Å²) in [5, 5.41) is 7.26. The lowest BCUT2D eigenvalue weighted by molar-refractivity contribution is 0.0980. The summed E-state index contributed by atoms with van der Waals surface area (Å²) in [6.45, 7) is 10.9. The molecule has 2 unspecified atom stereocenters. The summed E-state index contributed by atoms with van der Waals surface area (Å²) in [6, 6.07) is 11.1. The molecule has 0 amide bonds. The minimum absolute atomic E-state index is 0.0625. The number of anilines is 2. The zero-order chi connectivity index (χ0) is 26.3. The summed E-state index contributed by atoms with van der Waals surface area (Å²) in [5.74, 6) is 0.0871. The average molecular weight is 493 g/mol. The molecule has 0 bridgehead atoms. The molecule has 37 heavy (non-hydrogen) atoms. The van der Waals surface area contributed by atoms with Gasteiger partial charge in [0.15, 0.2) is 11.6 Å². The number of benzene rings is 2. The van der Waals surface area contributed by atoms with Gasteiger partial charge in [0.1, 0.15) is 0 Å². The van der Waals surface area contributed by atoms with Gasteiger partial charge >= 0.3 is 0 Å². The molecule has 0 heterocycles. The number of carbonyl (C=O) groups is 2. The van der Waals surface area contributed by atoms with E-state index in [0.717, 1.165) is 42.7 Å². The average Bonchev–Trinajstić information content (AvgIpc) is 2.91. The number of fused-ring (bicyclic) bond motifs is 2. The molecule has 2 aromatic rings. The molecule has 4 nitrogen and oxygen atoms in total. The molecule has 2 aromatic carbocycles. The molecule has 2 atom stereocenters. The van der Waals surface area contributed by atoms with Crippen LogP contribution in [-0.4, -0.2) is 11.6 Å². The van der Waals surface area contributed by atoms with Crippen molar-refractivity contribution in [3.8, 4) is 0 Å². The predicted octanol–water partition coefficient (Wildman–Crippen LogP) is 8.20. The first-order chi connectivity index (χ1) is 17.8. The summed E-state index contributed by atoms with van der Waals surface area (Å²) >= 11 is 0. The molecule has 2 N–H and O–H groups in total. The highest BCUT2D eigenvalue weighted by Crippen LogP contribution is 2.44. The van der Waals surface area contributed by atoms with Crippen LogP contribution in [0.1, 0.15) is 92.1 Å². The van der Waals surface area contributed by atoms with E-state index in [1.807, 2.05) is 24.3 Å². The Bertz CT molecular complexity index is 1420. The Labute approximate surface area is 220 Å². The Hall–Kier alpha value is -3.66. The van der Waals surface area contributed by atoms with Crippen LogP contribution in [0, 0.1) is 11.3 Å². The molecule has 0 aliphatic heterocycles. The largest absolute Gasteiger partial charge is 0.358 e. The first-order valence-electron chi connectivity index (χ1n) is 13.5. The van der Waals surface area contributed by atoms with Crippen LogP contribution in [-0.2, 0) is 0 Å². The van der Waals surface area contributed by atoms with Crippen LogP contribution < -0.4 is 10.6 Å². The van der Waals surface area contributed by atoms with Crippen LogP contribution in [0.3, 0.4) is 0 Å². The Kier molecular flexibility index (Phi) is 6.53. The third-order valence-electron chi connectivity index (χ3n) is 8.35. The lowest BCUT2D eigenvalue weighted by atomic mass is 9.75. The van der Waals surface area contributed by atoms with Crippen molar-refractivity contribution in [1.29, 1.82) is 0 Å². The number of ketones is 2. The molecular weight excluding hydrogens is 456 g/mol. The highest BCUT2D eigenvalue weighted by atomic mass is 16.1. The van der Waals surface area contributed by atoms with Gasteiger partial charge in [-0.3, -0.25) is 9.59 Å². The van der Waals surface area contributed by atoms with Crippen molar-refractivity contribution >= 4 is 22.9 Å². The normalized spacial score (nSPS) is 22.8. The lowest BCUT2D eigenvalue weighted by Crippen LogP contribution is -2.29. The number of nitrogens with one attached hydrogen (secondary N) is 2. The molecular formula is C33H36N2O2. The minimum Gasteiger partial charge on any atom is -0.358 e. The second-order valence-electron chi connectivity index (χ2n) is 10.8. The molecule has 3 aliphatic rings. The van der Waals surface area contributed by atoms with Crippen LogP contribution in [0.15, 0.2) is 83.2 Å². The maximum Gasteiger partial charge on any atom is 0.196 e. The van der Waals surface area contributed by atoms with E-state index in [9.17, 15) is 9.59 Å². The molecule has 0 radical (unpaired) electrons. The van der Waals surface area contributed by atoms with Gasteiger partial charge in [0.2, 0.25) is 0 Å². The molecule has 0 aromatic heterocycles. The van der Waals surface area contributed by atoms with E-state index in [-0.39, 0.29) is 17.0 Å². The second-order valence-corrected chi connectivity index (χ2v) is 10.8. The van der Waals surface area contributed by atoms with Gasteiger partial charge < -0.3 is 10.6 Å². The third kappa shape index (κ3) is 4.19. The molecule has 4 heteroatoms. The van der Waals surface area contributed by atoms with Gasteiger partial charge in [-0.25, -0.2) is 0 Å². The van der Waals surface area contributed by atoms with Crippen LogP contribution in [0.2, 0.25) is 0 Å². The lowest BCUT2D eigenvalue weighted by Gasteiger charge is -2.36. The molecule has 5 rings (SSSR count). The van der Waals surface area contributed by atoms with E-state index in [2.05, 4.69) is 69.6 Å². The Morgan fingerprint density at radius 3 is 2.11 bits per heavy atom. The fourth-order valence-corrected chi connectivity index (χ4v) is 5.89. The van der Waals surface area contributed by atoms with Gasteiger partial charge in [0.05, 0.1) is 22.5 Å². The number of allylic oxidation sites excluding steroid dienone is 8. The van der Waals surface area contributed by atoms with Crippen molar-refractivity contribution in [3.63, 3.8) is 0 Å². The van der Waals surface area contributed by atoms with Gasteiger partial charge in [0.25, 0.3) is 0 Å². The van der Waals surface area contributed by atoms with Crippen LogP contribution in [0.4, 0.5) is 11.4 Å². The molecule has 0 fully saturated rings. The number of rotatable bonds is 6. The van der Waals surface area contributed by atoms with E-state index < -0.39 is 0 Å². The van der Waals surface area contributed by atoms with Crippen molar-refractivity contribution in [2.24, 2.45) is 11.3 Å². The van der Waals surface area contributed by atoms with Crippen molar-refractivity contribution < 1.29 is 9.59 Å². The summed E-state index contributed by atoms with van der Waals surface area (Å²) in [6.07, 6.45) is 12.5. The minimum atomic E-state index is -0.111. The van der Waals surface area contributed by atoms with Crippen LogP contribution in [0.5, 0.6) is 0 Å². The van der Waals surface area contributed by atoms with E-state index in [4.69, 9.17) is 0 Å². The van der Waals surface area contributed by atoms with E-state index in [1.54, 1.807) is 12.1 Å². The zero-order valence-corrected chi connectivity index (χ0v) is 22.5. The standard InChI is InChI=1S/C33H36N2O2/c1-6-22-14-10-12-20(3)29(22)34-25-17-18-26(35-32-21(4)13-11-19-33(32,5)7-2)28-27(25)30(36)23-15-8-9-16-24(23)31(28)37/h8-11,13-18,20,34-35H,6-7,12,19H2,1-5H3. The van der Waals surface area contributed by atoms with Crippen LogP contribution >= 0.6 is 0 Å². The van der Waals surface area contributed by atoms with Crippen molar-refractivity contribution in [3.05, 3.63) is 105 Å². The summed E-state index contributed by atoms with van der Waals surface area (Å²) in [4.78, 5) is 28.0. The fourth-order valence-electron chi connectivity index (χ4n) is 5.89. The predicted molar refractivity (Wildman–Crippen MR) is 152 cm³/mol. The highest BCUT2D eigenvalue weighted by Gasteiger charge is 2.36. The quantitative estimate of drug-likeness (QED) is 0.364. The molecule has 190 valence electrons. The van der Waals surface area contributed by atoms with Gasteiger partial charge in [-0.1, -0.05) is 76.3 Å². The SMILES string of the molecule is CCC1=C(Nc2ccc(NC3=C(C)C=CCC3(C)CC)c3c2C(=O)c2ccccc2C3=O)C(C)CC=C1. The van der Waals surface area contributed by atoms with Gasteiger partial charge in [-0.15, -0.1) is 0 Å². The Morgan fingerprint density at radius 2 is 1.51 bits per heavy atom. The van der Waals surface area contributed by atoms with Gasteiger partial charge in [0, 0.05) is 27.9 Å². The summed E-state index contributed by atoms with van der Waals surface area (Å²) in [7, 11) is 0. The molecule has 0 saturated carbocycles. The van der Waals surface area contributed by atoms with Crippen molar-refractivity contribution in [1.82, 2.24) is 0 Å². The monoisotopic (exact) mass is 492 g/mol. The second kappa shape index (κ2) is 9.66. The van der Waals surface area contributed by atoms with Gasteiger partial charge in [-0.05, 0) is 61.8 Å². The maximum absolute atomic E-state index is 14.0. The first kappa shape index (κ1) is 25.0. The van der Waals surface area contributed by atoms with E-state index in [0.29, 0.717) is 39.5 Å². The number of hydrogen-bond acceptors (Lipinski definition) is 4. The molecule has 0 saturated heterocycles.